The number of methoxy groups -OCH3 is 1. The van der Waals surface area contributed by atoms with Crippen LogP contribution in [-0.2, 0) is 26.6 Å². The highest BCUT2D eigenvalue weighted by Crippen LogP contribution is 2.36. The number of benzene rings is 2. The molecule has 0 radical (unpaired) electrons. The van der Waals surface area contributed by atoms with Gasteiger partial charge in [0, 0.05) is 23.7 Å². The zero-order valence-corrected chi connectivity index (χ0v) is 13.4. The number of anilines is 2. The van der Waals surface area contributed by atoms with Gasteiger partial charge in [-0.05, 0) is 29.3 Å². The van der Waals surface area contributed by atoms with Crippen LogP contribution in [0, 0.1) is 0 Å². The molecule has 0 fully saturated rings. The summed E-state index contributed by atoms with van der Waals surface area (Å²) in [5.74, 6) is -0.349. The number of fused-ring (bicyclic) bond motifs is 1. The predicted octanol–water partition coefficient (Wildman–Crippen LogP) is 3.23. The highest BCUT2D eigenvalue weighted by atomic mass is 35.5. The van der Waals surface area contributed by atoms with Crippen molar-refractivity contribution in [2.75, 3.05) is 12.0 Å². The lowest BCUT2D eigenvalue weighted by atomic mass is 9.92. The predicted molar refractivity (Wildman–Crippen MR) is 89.1 cm³/mol. The van der Waals surface area contributed by atoms with E-state index in [4.69, 9.17) is 16.3 Å². The Hall–Kier alpha value is -2.33. The normalized spacial score (nSPS) is 16.9. The number of carbonyl (C=O) groups excluding carboxylic acids is 2. The molecule has 1 aliphatic heterocycles. The number of Topliss-reactive ketones (excluding diaryl/α,β-unsaturated/α-hetero) is 1. The Balaban J connectivity index is 2.17. The average Bonchev–Trinajstić information content (AvgIpc) is 2.60. The van der Waals surface area contributed by atoms with Crippen LogP contribution in [-0.4, -0.2) is 24.9 Å². The quantitative estimate of drug-likeness (QED) is 0.493. The molecule has 118 valence electrons. The molecule has 0 saturated heterocycles. The average molecular weight is 330 g/mol. The van der Waals surface area contributed by atoms with Crippen LogP contribution >= 0.6 is 11.6 Å². The Morgan fingerprint density at radius 1 is 1.26 bits per heavy atom. The van der Waals surface area contributed by atoms with E-state index >= 15 is 0 Å². The molecule has 1 unspecified atom stereocenters. The fraction of sp³-hybridized carbons (Fsp3) is 0.222. The van der Waals surface area contributed by atoms with Crippen LogP contribution in [0.1, 0.15) is 11.1 Å². The molecule has 5 heteroatoms. The van der Waals surface area contributed by atoms with Crippen LogP contribution in [0.5, 0.6) is 0 Å². The molecule has 4 nitrogen and oxygen atoms in total. The van der Waals surface area contributed by atoms with Crippen LogP contribution in [0.2, 0.25) is 0 Å². The molecule has 0 aliphatic carbocycles. The first-order valence-corrected chi connectivity index (χ1v) is 7.81. The third kappa shape index (κ3) is 2.82. The lowest BCUT2D eigenvalue weighted by molar-refractivity contribution is -0.145. The van der Waals surface area contributed by atoms with E-state index in [2.05, 4.69) is 0 Å². The summed E-state index contributed by atoms with van der Waals surface area (Å²) in [5.41, 5.74) is 3.43. The lowest BCUT2D eigenvalue weighted by Crippen LogP contribution is -2.49. The summed E-state index contributed by atoms with van der Waals surface area (Å²) < 4.78 is 4.85. The first kappa shape index (κ1) is 15.6. The minimum absolute atomic E-state index is 0.181. The number of esters is 1. The van der Waals surface area contributed by atoms with Gasteiger partial charge in [0.05, 0.1) is 7.11 Å². The summed E-state index contributed by atoms with van der Waals surface area (Å²) in [5, 5.41) is 0. The van der Waals surface area contributed by atoms with Gasteiger partial charge < -0.3 is 9.64 Å². The van der Waals surface area contributed by atoms with Crippen LogP contribution in [0.15, 0.2) is 48.5 Å². The van der Waals surface area contributed by atoms with Crippen LogP contribution < -0.4 is 4.90 Å². The van der Waals surface area contributed by atoms with E-state index in [1.165, 1.54) is 7.11 Å². The number of ketones is 1. The maximum atomic E-state index is 12.6. The second kappa shape index (κ2) is 6.42. The molecule has 0 bridgehead atoms. The minimum atomic E-state index is -0.961. The minimum Gasteiger partial charge on any atom is -0.467 e. The van der Waals surface area contributed by atoms with Crippen molar-refractivity contribution in [1.82, 2.24) is 0 Å². The Morgan fingerprint density at radius 3 is 2.65 bits per heavy atom. The molecular formula is C18H16ClNO3. The van der Waals surface area contributed by atoms with E-state index in [1.54, 1.807) is 4.90 Å². The number of hydrogen-bond acceptors (Lipinski definition) is 4. The molecular weight excluding hydrogens is 314 g/mol. The van der Waals surface area contributed by atoms with Gasteiger partial charge in [-0.15, -0.1) is 11.6 Å². The van der Waals surface area contributed by atoms with E-state index in [9.17, 15) is 9.59 Å². The van der Waals surface area contributed by atoms with Crippen molar-refractivity contribution < 1.29 is 14.3 Å². The first-order valence-electron chi connectivity index (χ1n) is 7.28. The van der Waals surface area contributed by atoms with Crippen LogP contribution in [0.4, 0.5) is 11.4 Å². The van der Waals surface area contributed by atoms with Gasteiger partial charge in [0.25, 0.3) is 0 Å². The smallest absolute Gasteiger partial charge is 0.336 e. The molecule has 0 amide bonds. The van der Waals surface area contributed by atoms with Crippen LogP contribution in [0.3, 0.4) is 0 Å². The van der Waals surface area contributed by atoms with E-state index in [0.29, 0.717) is 5.88 Å². The largest absolute Gasteiger partial charge is 0.467 e. The Labute approximate surface area is 139 Å². The zero-order valence-electron chi connectivity index (χ0n) is 12.7. The van der Waals surface area contributed by atoms with Gasteiger partial charge in [-0.2, -0.15) is 0 Å². The number of carbonyl (C=O) groups is 2. The standard InChI is InChI=1S/C18H16ClNO3/c1-23-18(22)17-16(21)10-13-9-12(11-19)7-8-15(13)20(17)14-5-3-2-4-6-14/h2-9,17H,10-11H2,1H3. The summed E-state index contributed by atoms with van der Waals surface area (Å²) in [4.78, 5) is 26.5. The third-order valence-electron chi connectivity index (χ3n) is 3.94. The molecule has 1 atom stereocenters. The summed E-state index contributed by atoms with van der Waals surface area (Å²) in [6.07, 6.45) is 0.198. The number of nitrogens with zero attached hydrogens (tertiary/aromatic N) is 1. The van der Waals surface area contributed by atoms with Gasteiger partial charge in [0.15, 0.2) is 11.8 Å². The molecule has 0 spiro atoms. The number of alkyl halides is 1. The molecule has 0 N–H and O–H groups in total. The summed E-state index contributed by atoms with van der Waals surface area (Å²) in [7, 11) is 1.30. The second-order valence-electron chi connectivity index (χ2n) is 5.37. The molecule has 1 aliphatic rings. The van der Waals surface area contributed by atoms with Gasteiger partial charge in [-0.3, -0.25) is 4.79 Å². The van der Waals surface area contributed by atoms with Gasteiger partial charge in [-0.1, -0.05) is 30.3 Å². The monoisotopic (exact) mass is 329 g/mol. The SMILES string of the molecule is COC(=O)C1C(=O)Cc2cc(CCl)ccc2N1c1ccccc1. The first-order chi connectivity index (χ1) is 11.2. The summed E-state index contributed by atoms with van der Waals surface area (Å²) in [6, 6.07) is 14.1. The molecule has 1 heterocycles. The fourth-order valence-electron chi connectivity index (χ4n) is 2.89. The van der Waals surface area contributed by atoms with Gasteiger partial charge in [-0.25, -0.2) is 4.79 Å². The highest BCUT2D eigenvalue weighted by molar-refractivity contribution is 6.17. The van der Waals surface area contributed by atoms with Crippen molar-refractivity contribution >= 4 is 34.7 Å². The Morgan fingerprint density at radius 2 is 2.00 bits per heavy atom. The lowest BCUT2D eigenvalue weighted by Gasteiger charge is -2.36. The number of ether oxygens (including phenoxy) is 1. The van der Waals surface area contributed by atoms with Crippen molar-refractivity contribution in [3.63, 3.8) is 0 Å². The van der Waals surface area contributed by atoms with Gasteiger partial charge in [0.2, 0.25) is 0 Å². The molecule has 23 heavy (non-hydrogen) atoms. The second-order valence-corrected chi connectivity index (χ2v) is 5.64. The maximum Gasteiger partial charge on any atom is 0.336 e. The van der Waals surface area contributed by atoms with Crippen molar-refractivity contribution in [2.45, 2.75) is 18.3 Å². The number of halogens is 1. The molecule has 0 aromatic heterocycles. The molecule has 2 aromatic carbocycles. The number of para-hydroxylation sites is 1. The number of rotatable bonds is 3. The van der Waals surface area contributed by atoms with Crippen molar-refractivity contribution in [1.29, 1.82) is 0 Å². The van der Waals surface area contributed by atoms with E-state index in [0.717, 1.165) is 22.5 Å². The number of hydrogen-bond donors (Lipinski definition) is 0. The van der Waals surface area contributed by atoms with Crippen molar-refractivity contribution in [3.8, 4) is 0 Å². The van der Waals surface area contributed by atoms with Crippen LogP contribution in [0.25, 0.3) is 0 Å². The summed E-state index contributed by atoms with van der Waals surface area (Å²) in [6.45, 7) is 0. The Kier molecular flexibility index (Phi) is 4.35. The summed E-state index contributed by atoms with van der Waals surface area (Å²) >= 11 is 5.89. The van der Waals surface area contributed by atoms with E-state index < -0.39 is 12.0 Å². The van der Waals surface area contributed by atoms with Crippen molar-refractivity contribution in [3.05, 3.63) is 59.7 Å². The van der Waals surface area contributed by atoms with Gasteiger partial charge in [0.1, 0.15) is 0 Å². The molecule has 0 saturated carbocycles. The zero-order chi connectivity index (χ0) is 16.4. The van der Waals surface area contributed by atoms with Gasteiger partial charge >= 0.3 is 5.97 Å². The van der Waals surface area contributed by atoms with E-state index in [1.807, 2.05) is 48.5 Å². The Bertz CT molecular complexity index is 745. The van der Waals surface area contributed by atoms with E-state index in [-0.39, 0.29) is 12.2 Å². The highest BCUT2D eigenvalue weighted by Gasteiger charge is 2.39. The van der Waals surface area contributed by atoms with Crippen molar-refractivity contribution in [2.24, 2.45) is 0 Å². The molecule has 2 aromatic rings. The topological polar surface area (TPSA) is 46.6 Å². The fourth-order valence-corrected chi connectivity index (χ4v) is 3.06. The maximum absolute atomic E-state index is 12.6. The third-order valence-corrected chi connectivity index (χ3v) is 4.25. The molecule has 3 rings (SSSR count).